The minimum Gasteiger partial charge on any atom is -0.447 e. The standard InChI is InChI=1S/C21H17F6N3O3/c22-20(23,24)14-8-12(9-15(10-14)21(25,26)27)11-29-17(13-4-2-1-3-5-13)16(28)18(31)30-6-7-33-19(30)32/h1-5,8-10,29H,6-7,11,28H2/b17-16-. The second kappa shape index (κ2) is 9.04. The summed E-state index contributed by atoms with van der Waals surface area (Å²) in [6.45, 7) is -0.602. The Morgan fingerprint density at radius 1 is 1.00 bits per heavy atom. The number of nitrogens with zero attached hydrogens (tertiary/aromatic N) is 1. The molecule has 0 unspecified atom stereocenters. The van der Waals surface area contributed by atoms with Crippen molar-refractivity contribution in [1.29, 1.82) is 0 Å². The van der Waals surface area contributed by atoms with Gasteiger partial charge in [0.05, 0.1) is 23.4 Å². The van der Waals surface area contributed by atoms with Gasteiger partial charge in [-0.05, 0) is 29.3 Å². The third kappa shape index (κ3) is 5.57. The van der Waals surface area contributed by atoms with Gasteiger partial charge in [-0.25, -0.2) is 9.69 Å². The number of amides is 2. The number of nitrogens with one attached hydrogen (secondary N) is 1. The average molecular weight is 473 g/mol. The van der Waals surface area contributed by atoms with Gasteiger partial charge in [-0.1, -0.05) is 30.3 Å². The number of halogens is 6. The molecule has 1 fully saturated rings. The summed E-state index contributed by atoms with van der Waals surface area (Å²) < 4.78 is 83.5. The summed E-state index contributed by atoms with van der Waals surface area (Å²) in [6.07, 6.45) is -10.9. The van der Waals surface area contributed by atoms with Crippen molar-refractivity contribution in [1.82, 2.24) is 10.2 Å². The van der Waals surface area contributed by atoms with E-state index in [2.05, 4.69) is 5.32 Å². The molecule has 1 saturated heterocycles. The van der Waals surface area contributed by atoms with Crippen LogP contribution in [0.4, 0.5) is 31.1 Å². The molecule has 0 aromatic heterocycles. The molecular formula is C21H17F6N3O3. The van der Waals surface area contributed by atoms with Crippen molar-refractivity contribution in [3.8, 4) is 0 Å². The number of carbonyl (C=O) groups is 2. The highest BCUT2D eigenvalue weighted by Gasteiger charge is 2.37. The quantitative estimate of drug-likeness (QED) is 0.504. The van der Waals surface area contributed by atoms with Crippen LogP contribution in [0.5, 0.6) is 0 Å². The molecule has 0 saturated carbocycles. The van der Waals surface area contributed by atoms with Gasteiger partial charge in [0.2, 0.25) is 0 Å². The first kappa shape index (κ1) is 24.0. The van der Waals surface area contributed by atoms with Crippen LogP contribution in [0.1, 0.15) is 22.3 Å². The maximum Gasteiger partial charge on any atom is 0.417 e. The van der Waals surface area contributed by atoms with Crippen molar-refractivity contribution in [3.63, 3.8) is 0 Å². The molecular weight excluding hydrogens is 456 g/mol. The predicted octanol–water partition coefficient (Wildman–Crippen LogP) is 4.12. The minimum atomic E-state index is -5.00. The van der Waals surface area contributed by atoms with Crippen LogP contribution in [-0.4, -0.2) is 30.1 Å². The van der Waals surface area contributed by atoms with E-state index in [1.165, 1.54) is 12.1 Å². The fourth-order valence-electron chi connectivity index (χ4n) is 3.10. The Kier molecular flexibility index (Phi) is 6.56. The lowest BCUT2D eigenvalue weighted by Gasteiger charge is -2.19. The molecule has 2 amide bonds. The normalized spacial score (nSPS) is 15.2. The minimum absolute atomic E-state index is 0.0221. The summed E-state index contributed by atoms with van der Waals surface area (Å²) in [7, 11) is 0. The highest BCUT2D eigenvalue weighted by atomic mass is 19.4. The van der Waals surface area contributed by atoms with E-state index >= 15 is 0 Å². The summed E-state index contributed by atoms with van der Waals surface area (Å²) in [4.78, 5) is 25.1. The van der Waals surface area contributed by atoms with Gasteiger partial charge in [0, 0.05) is 6.54 Å². The lowest BCUT2D eigenvalue weighted by molar-refractivity contribution is -0.143. The number of carbonyl (C=O) groups excluding carboxylic acids is 2. The Morgan fingerprint density at radius 3 is 2.06 bits per heavy atom. The lowest BCUT2D eigenvalue weighted by atomic mass is 10.0. The molecule has 176 valence electrons. The molecule has 0 spiro atoms. The number of benzene rings is 2. The van der Waals surface area contributed by atoms with Gasteiger partial charge >= 0.3 is 18.4 Å². The van der Waals surface area contributed by atoms with Gasteiger partial charge in [0.1, 0.15) is 12.3 Å². The van der Waals surface area contributed by atoms with Crippen molar-refractivity contribution in [2.45, 2.75) is 18.9 Å². The van der Waals surface area contributed by atoms with Gasteiger partial charge in [0.15, 0.2) is 0 Å². The number of ether oxygens (including phenoxy) is 1. The summed E-state index contributed by atoms with van der Waals surface area (Å²) in [5.41, 5.74) is 2.49. The molecule has 33 heavy (non-hydrogen) atoms. The molecule has 2 aromatic rings. The van der Waals surface area contributed by atoms with Crippen molar-refractivity contribution < 1.29 is 40.7 Å². The van der Waals surface area contributed by atoms with Crippen LogP contribution < -0.4 is 11.1 Å². The van der Waals surface area contributed by atoms with Crippen molar-refractivity contribution in [3.05, 3.63) is 76.5 Å². The van der Waals surface area contributed by atoms with E-state index < -0.39 is 47.7 Å². The molecule has 0 radical (unpaired) electrons. The molecule has 1 aliphatic heterocycles. The van der Waals surface area contributed by atoms with Gasteiger partial charge in [0.25, 0.3) is 5.91 Å². The molecule has 1 aliphatic rings. The van der Waals surface area contributed by atoms with Crippen LogP contribution in [0.2, 0.25) is 0 Å². The van der Waals surface area contributed by atoms with E-state index in [0.29, 0.717) is 17.7 Å². The van der Waals surface area contributed by atoms with Crippen molar-refractivity contribution in [2.75, 3.05) is 13.2 Å². The Labute approximate surface area is 183 Å². The molecule has 0 bridgehead atoms. The third-order valence-electron chi connectivity index (χ3n) is 4.68. The Hall–Kier alpha value is -3.70. The number of hydrogen-bond donors (Lipinski definition) is 2. The maximum atomic E-state index is 13.1. The number of cyclic esters (lactones) is 1. The van der Waals surface area contributed by atoms with E-state index in [-0.39, 0.29) is 30.5 Å². The zero-order valence-corrected chi connectivity index (χ0v) is 16.8. The van der Waals surface area contributed by atoms with Crippen LogP contribution in [0.25, 0.3) is 5.70 Å². The lowest BCUT2D eigenvalue weighted by Crippen LogP contribution is -2.37. The highest BCUT2D eigenvalue weighted by Crippen LogP contribution is 2.36. The number of rotatable bonds is 5. The first-order chi connectivity index (χ1) is 15.4. The monoisotopic (exact) mass is 473 g/mol. The molecule has 0 aliphatic carbocycles. The Bertz CT molecular complexity index is 1050. The summed E-state index contributed by atoms with van der Waals surface area (Å²) in [5.74, 6) is -0.913. The summed E-state index contributed by atoms with van der Waals surface area (Å²) in [6, 6.07) is 9.04. The average Bonchev–Trinajstić information content (AvgIpc) is 3.18. The van der Waals surface area contributed by atoms with Gasteiger partial charge in [-0.2, -0.15) is 26.3 Å². The molecule has 2 aromatic carbocycles. The number of alkyl halides is 6. The molecule has 3 rings (SSSR count). The van der Waals surface area contributed by atoms with Crippen molar-refractivity contribution in [2.24, 2.45) is 5.73 Å². The maximum absolute atomic E-state index is 13.1. The number of nitrogens with two attached hydrogens (primary N) is 1. The molecule has 6 nitrogen and oxygen atoms in total. The fourth-order valence-corrected chi connectivity index (χ4v) is 3.10. The van der Waals surface area contributed by atoms with Crippen LogP contribution >= 0.6 is 0 Å². The Morgan fingerprint density at radius 2 is 1.58 bits per heavy atom. The fraction of sp³-hybridized carbons (Fsp3) is 0.238. The van der Waals surface area contributed by atoms with Crippen molar-refractivity contribution >= 4 is 17.7 Å². The van der Waals surface area contributed by atoms with Crippen LogP contribution in [0, 0.1) is 0 Å². The topological polar surface area (TPSA) is 84.7 Å². The second-order valence-corrected chi connectivity index (χ2v) is 6.99. The first-order valence-electron chi connectivity index (χ1n) is 9.44. The predicted molar refractivity (Wildman–Crippen MR) is 104 cm³/mol. The van der Waals surface area contributed by atoms with Crippen LogP contribution in [-0.2, 0) is 28.4 Å². The van der Waals surface area contributed by atoms with E-state index in [0.717, 1.165) is 4.90 Å². The first-order valence-corrected chi connectivity index (χ1v) is 9.44. The Balaban J connectivity index is 1.98. The smallest absolute Gasteiger partial charge is 0.417 e. The zero-order valence-electron chi connectivity index (χ0n) is 16.8. The second-order valence-electron chi connectivity index (χ2n) is 6.99. The largest absolute Gasteiger partial charge is 0.447 e. The van der Waals surface area contributed by atoms with Gasteiger partial charge < -0.3 is 15.8 Å². The SMILES string of the molecule is N/C(C(=O)N1CCOC1=O)=C(\NCc1cc(C(F)(F)F)cc(C(F)(F)F)c1)c1ccccc1. The van der Waals surface area contributed by atoms with Crippen LogP contribution in [0.3, 0.4) is 0 Å². The zero-order chi connectivity index (χ0) is 24.4. The van der Waals surface area contributed by atoms with Gasteiger partial charge in [-0.3, -0.25) is 4.79 Å². The molecule has 12 heteroatoms. The summed E-state index contributed by atoms with van der Waals surface area (Å²) in [5, 5.41) is 2.65. The van der Waals surface area contributed by atoms with Crippen LogP contribution in [0.15, 0.2) is 54.2 Å². The number of imide groups is 1. The van der Waals surface area contributed by atoms with E-state index in [1.54, 1.807) is 18.2 Å². The third-order valence-corrected chi connectivity index (χ3v) is 4.68. The molecule has 1 heterocycles. The number of hydrogen-bond acceptors (Lipinski definition) is 5. The van der Waals surface area contributed by atoms with E-state index in [9.17, 15) is 35.9 Å². The van der Waals surface area contributed by atoms with Gasteiger partial charge in [-0.15, -0.1) is 0 Å². The highest BCUT2D eigenvalue weighted by molar-refractivity contribution is 6.06. The van der Waals surface area contributed by atoms with E-state index in [4.69, 9.17) is 10.5 Å². The van der Waals surface area contributed by atoms with E-state index in [1.807, 2.05) is 0 Å². The molecule has 0 atom stereocenters. The molecule has 3 N–H and O–H groups in total. The summed E-state index contributed by atoms with van der Waals surface area (Å²) >= 11 is 0.